The number of amides is 1. The highest BCUT2D eigenvalue weighted by atomic mass is 19.1. The van der Waals surface area contributed by atoms with Gasteiger partial charge in [-0.25, -0.2) is 4.39 Å². The number of nitrogens with one attached hydrogen (secondary N) is 1. The fourth-order valence-electron chi connectivity index (χ4n) is 1.56. The molecule has 1 rings (SSSR count). The molecule has 0 radical (unpaired) electrons. The first-order chi connectivity index (χ1) is 9.00. The zero-order valence-corrected chi connectivity index (χ0v) is 11.4. The molecule has 0 aliphatic carbocycles. The Morgan fingerprint density at radius 2 is 2.16 bits per heavy atom. The summed E-state index contributed by atoms with van der Waals surface area (Å²) in [6.07, 6.45) is 1.87. The molecule has 1 aromatic rings. The Kier molecular flexibility index (Phi) is 6.29. The van der Waals surface area contributed by atoms with Crippen LogP contribution in [0.5, 0.6) is 0 Å². The molecule has 0 aliphatic heterocycles. The summed E-state index contributed by atoms with van der Waals surface area (Å²) < 4.78 is 18.8. The van der Waals surface area contributed by atoms with Crippen molar-refractivity contribution in [3.8, 4) is 0 Å². The van der Waals surface area contributed by atoms with Crippen LogP contribution in [0.4, 0.5) is 10.1 Å². The molecule has 0 aliphatic rings. The number of hydrogen-bond acceptors (Lipinski definition) is 3. The molecular weight excluding hydrogens is 247 g/mol. The van der Waals surface area contributed by atoms with Crippen molar-refractivity contribution in [3.63, 3.8) is 0 Å². The number of anilines is 1. The van der Waals surface area contributed by atoms with Gasteiger partial charge in [-0.15, -0.1) is 0 Å². The second kappa shape index (κ2) is 7.74. The second-order valence-electron chi connectivity index (χ2n) is 4.62. The minimum Gasteiger partial charge on any atom is -0.399 e. The van der Waals surface area contributed by atoms with Gasteiger partial charge < -0.3 is 15.8 Å². The molecule has 0 saturated carbocycles. The number of ether oxygens (including phenoxy) is 1. The number of carbonyl (C=O) groups excluding carboxylic acids is 1. The summed E-state index contributed by atoms with van der Waals surface area (Å²) in [6.45, 7) is 5.11. The fraction of sp³-hybridized carbons (Fsp3) is 0.500. The van der Waals surface area contributed by atoms with E-state index in [0.717, 1.165) is 12.8 Å². The van der Waals surface area contributed by atoms with Crippen molar-refractivity contribution in [1.82, 2.24) is 5.32 Å². The van der Waals surface area contributed by atoms with Gasteiger partial charge in [0.2, 0.25) is 0 Å². The zero-order valence-electron chi connectivity index (χ0n) is 11.4. The van der Waals surface area contributed by atoms with E-state index in [9.17, 15) is 9.18 Å². The summed E-state index contributed by atoms with van der Waals surface area (Å²) in [4.78, 5) is 11.7. The van der Waals surface area contributed by atoms with E-state index in [2.05, 4.69) is 5.32 Å². The van der Waals surface area contributed by atoms with Crippen LogP contribution in [0.1, 0.15) is 37.0 Å². The molecule has 1 aromatic carbocycles. The summed E-state index contributed by atoms with van der Waals surface area (Å²) in [5.74, 6) is -0.996. The Morgan fingerprint density at radius 3 is 2.84 bits per heavy atom. The van der Waals surface area contributed by atoms with E-state index >= 15 is 0 Å². The molecule has 0 atom stereocenters. The third kappa shape index (κ3) is 5.70. The Balaban J connectivity index is 2.29. The smallest absolute Gasteiger partial charge is 0.254 e. The number of unbranched alkanes of at least 4 members (excludes halogenated alkanes) is 1. The third-order valence-corrected chi connectivity index (χ3v) is 2.54. The van der Waals surface area contributed by atoms with E-state index < -0.39 is 11.7 Å². The molecule has 1 amide bonds. The molecule has 0 unspecified atom stereocenters. The van der Waals surface area contributed by atoms with Gasteiger partial charge in [0.05, 0.1) is 11.7 Å². The van der Waals surface area contributed by atoms with Crippen LogP contribution in [0, 0.1) is 5.82 Å². The molecule has 0 spiro atoms. The number of nitrogen functional groups attached to an aromatic ring is 1. The molecule has 0 fully saturated rings. The normalized spacial score (nSPS) is 10.7. The van der Waals surface area contributed by atoms with Crippen LogP contribution in [0.3, 0.4) is 0 Å². The number of hydrogen-bond donors (Lipinski definition) is 2. The number of rotatable bonds is 7. The number of nitrogens with two attached hydrogens (primary N) is 1. The Bertz CT molecular complexity index is 422. The van der Waals surface area contributed by atoms with Crippen LogP contribution in [-0.2, 0) is 4.74 Å². The van der Waals surface area contributed by atoms with Gasteiger partial charge in [-0.3, -0.25) is 4.79 Å². The van der Waals surface area contributed by atoms with Gasteiger partial charge in [-0.2, -0.15) is 0 Å². The number of benzene rings is 1. The fourth-order valence-corrected chi connectivity index (χ4v) is 1.56. The van der Waals surface area contributed by atoms with Crippen LogP contribution < -0.4 is 11.1 Å². The summed E-state index contributed by atoms with van der Waals surface area (Å²) in [6, 6.07) is 3.96. The molecule has 3 N–H and O–H groups in total. The summed E-state index contributed by atoms with van der Waals surface area (Å²) in [5.41, 5.74) is 5.88. The van der Waals surface area contributed by atoms with Crippen LogP contribution >= 0.6 is 0 Å². The zero-order chi connectivity index (χ0) is 14.3. The molecule has 0 heterocycles. The first-order valence-corrected chi connectivity index (χ1v) is 6.45. The Labute approximate surface area is 113 Å². The molecule has 0 saturated heterocycles. The van der Waals surface area contributed by atoms with Crippen LogP contribution in [0.2, 0.25) is 0 Å². The lowest BCUT2D eigenvalue weighted by Crippen LogP contribution is -2.25. The van der Waals surface area contributed by atoms with E-state index in [1.54, 1.807) is 0 Å². The van der Waals surface area contributed by atoms with Crippen molar-refractivity contribution < 1.29 is 13.9 Å². The number of halogens is 1. The summed E-state index contributed by atoms with van der Waals surface area (Å²) >= 11 is 0. The van der Waals surface area contributed by atoms with E-state index in [0.29, 0.717) is 18.8 Å². The van der Waals surface area contributed by atoms with Gasteiger partial charge in [-0.05, 0) is 44.9 Å². The molecule has 106 valence electrons. The van der Waals surface area contributed by atoms with Crippen molar-refractivity contribution >= 4 is 11.6 Å². The SMILES string of the molecule is CC(C)OCCCCNC(=O)c1cc(N)ccc1F. The highest BCUT2D eigenvalue weighted by Gasteiger charge is 2.11. The van der Waals surface area contributed by atoms with Crippen molar-refractivity contribution in [2.24, 2.45) is 0 Å². The monoisotopic (exact) mass is 268 g/mol. The molecular formula is C14H21FN2O2. The maximum Gasteiger partial charge on any atom is 0.254 e. The van der Waals surface area contributed by atoms with Gasteiger partial charge in [0, 0.05) is 18.8 Å². The molecule has 0 bridgehead atoms. The Hall–Kier alpha value is -1.62. The average molecular weight is 268 g/mol. The average Bonchev–Trinajstić information content (AvgIpc) is 2.36. The summed E-state index contributed by atoms with van der Waals surface area (Å²) in [7, 11) is 0. The van der Waals surface area contributed by atoms with E-state index in [-0.39, 0.29) is 11.7 Å². The Morgan fingerprint density at radius 1 is 1.42 bits per heavy atom. The second-order valence-corrected chi connectivity index (χ2v) is 4.62. The lowest BCUT2D eigenvalue weighted by atomic mass is 10.1. The van der Waals surface area contributed by atoms with Gasteiger partial charge in [0.25, 0.3) is 5.91 Å². The standard InChI is InChI=1S/C14H21FN2O2/c1-10(2)19-8-4-3-7-17-14(18)12-9-11(16)5-6-13(12)15/h5-6,9-10H,3-4,7-8,16H2,1-2H3,(H,17,18). The van der Waals surface area contributed by atoms with Crippen molar-refractivity contribution in [2.75, 3.05) is 18.9 Å². The van der Waals surface area contributed by atoms with E-state index in [1.807, 2.05) is 13.8 Å². The largest absolute Gasteiger partial charge is 0.399 e. The first-order valence-electron chi connectivity index (χ1n) is 6.45. The van der Waals surface area contributed by atoms with Gasteiger partial charge >= 0.3 is 0 Å². The quantitative estimate of drug-likeness (QED) is 0.589. The molecule has 5 heteroatoms. The van der Waals surface area contributed by atoms with E-state index in [1.165, 1.54) is 18.2 Å². The molecule has 4 nitrogen and oxygen atoms in total. The van der Waals surface area contributed by atoms with Gasteiger partial charge in [-0.1, -0.05) is 0 Å². The predicted molar refractivity (Wildman–Crippen MR) is 73.5 cm³/mol. The highest BCUT2D eigenvalue weighted by molar-refractivity contribution is 5.95. The van der Waals surface area contributed by atoms with Gasteiger partial charge in [0.1, 0.15) is 5.82 Å². The van der Waals surface area contributed by atoms with Crippen LogP contribution in [0.25, 0.3) is 0 Å². The predicted octanol–water partition coefficient (Wildman–Crippen LogP) is 2.34. The van der Waals surface area contributed by atoms with Crippen LogP contribution in [-0.4, -0.2) is 25.2 Å². The molecule has 0 aromatic heterocycles. The first kappa shape index (κ1) is 15.4. The van der Waals surface area contributed by atoms with Gasteiger partial charge in [0.15, 0.2) is 0 Å². The van der Waals surface area contributed by atoms with Crippen LogP contribution in [0.15, 0.2) is 18.2 Å². The minimum absolute atomic E-state index is 0.0153. The lowest BCUT2D eigenvalue weighted by molar-refractivity contribution is 0.0754. The third-order valence-electron chi connectivity index (χ3n) is 2.54. The highest BCUT2D eigenvalue weighted by Crippen LogP contribution is 2.11. The lowest BCUT2D eigenvalue weighted by Gasteiger charge is -2.08. The van der Waals surface area contributed by atoms with E-state index in [4.69, 9.17) is 10.5 Å². The topological polar surface area (TPSA) is 64.3 Å². The maximum atomic E-state index is 13.4. The minimum atomic E-state index is -0.560. The van der Waals surface area contributed by atoms with Crippen molar-refractivity contribution in [3.05, 3.63) is 29.6 Å². The number of carbonyl (C=O) groups is 1. The maximum absolute atomic E-state index is 13.4. The molecule has 19 heavy (non-hydrogen) atoms. The summed E-state index contributed by atoms with van der Waals surface area (Å²) in [5, 5.41) is 2.67. The van der Waals surface area contributed by atoms with Crippen molar-refractivity contribution in [2.45, 2.75) is 32.8 Å². The van der Waals surface area contributed by atoms with Crippen molar-refractivity contribution in [1.29, 1.82) is 0 Å².